The average molecular weight is 470 g/mol. The van der Waals surface area contributed by atoms with Crippen LogP contribution in [0.25, 0.3) is 6.08 Å². The van der Waals surface area contributed by atoms with Gasteiger partial charge in [0.1, 0.15) is 18.8 Å². The minimum atomic E-state index is -1.28. The second-order valence-corrected chi connectivity index (χ2v) is 8.07. The van der Waals surface area contributed by atoms with Gasteiger partial charge in [-0.1, -0.05) is 24.3 Å². The van der Waals surface area contributed by atoms with Crippen LogP contribution in [0.5, 0.6) is 0 Å². The average Bonchev–Trinajstić information content (AvgIpc) is 3.16. The van der Waals surface area contributed by atoms with Gasteiger partial charge in [0.15, 0.2) is 0 Å². The number of aliphatic carboxylic acids is 1. The fourth-order valence-corrected chi connectivity index (χ4v) is 4.03. The van der Waals surface area contributed by atoms with E-state index in [1.165, 1.54) is 11.8 Å². The number of ether oxygens (including phenoxy) is 1. The summed E-state index contributed by atoms with van der Waals surface area (Å²) < 4.78 is 5.46. The fraction of sp³-hybridized carbons (Fsp3) is 0.474. The molecule has 0 radical (unpaired) electrons. The first kappa shape index (κ1) is 24.9. The Balaban J connectivity index is 1.93. The van der Waals surface area contributed by atoms with Gasteiger partial charge in [0.05, 0.1) is 5.92 Å². The van der Waals surface area contributed by atoms with Crippen molar-refractivity contribution in [1.29, 1.82) is 0 Å². The normalized spacial score (nSPS) is 18.5. The Morgan fingerprint density at radius 2 is 1.94 bits per heavy atom. The van der Waals surface area contributed by atoms with Gasteiger partial charge in [-0.15, -0.1) is 32.0 Å². The summed E-state index contributed by atoms with van der Waals surface area (Å²) in [7, 11) is 0. The number of benzene rings is 1. The van der Waals surface area contributed by atoms with Crippen LogP contribution in [0.2, 0.25) is 0 Å². The summed E-state index contributed by atoms with van der Waals surface area (Å²) in [6, 6.07) is 7.03. The SMILES string of the molecule is C[C@H](C(=O)O)c1ccc(/C=C2\SCC[C@@H]2OC(=O)CCC(CO[N+](=O)[O-])O[N+](=O)[O-])cc1. The molecule has 1 aromatic rings. The number of nitrogens with zero attached hydrogens (tertiary/aromatic N) is 2. The zero-order valence-electron chi connectivity index (χ0n) is 17.1. The minimum Gasteiger partial charge on any atom is -0.481 e. The number of carbonyl (C=O) groups excluding carboxylic acids is 1. The lowest BCUT2D eigenvalue weighted by Gasteiger charge is -2.16. The highest BCUT2D eigenvalue weighted by Crippen LogP contribution is 2.35. The van der Waals surface area contributed by atoms with Crippen molar-refractivity contribution in [3.63, 3.8) is 0 Å². The Labute approximate surface area is 186 Å². The Bertz CT molecular complexity index is 873. The highest BCUT2D eigenvalue weighted by Gasteiger charge is 2.26. The maximum absolute atomic E-state index is 12.2. The summed E-state index contributed by atoms with van der Waals surface area (Å²) >= 11 is 1.53. The Morgan fingerprint density at radius 1 is 1.25 bits per heavy atom. The van der Waals surface area contributed by atoms with Gasteiger partial charge in [-0.2, -0.15) is 0 Å². The van der Waals surface area contributed by atoms with E-state index in [-0.39, 0.29) is 12.8 Å². The second-order valence-electron chi connectivity index (χ2n) is 6.90. The van der Waals surface area contributed by atoms with E-state index < -0.39 is 46.8 Å². The van der Waals surface area contributed by atoms with Crippen LogP contribution >= 0.6 is 11.8 Å². The van der Waals surface area contributed by atoms with Crippen molar-refractivity contribution >= 4 is 29.8 Å². The molecule has 32 heavy (non-hydrogen) atoms. The lowest BCUT2D eigenvalue weighted by Crippen LogP contribution is -2.26. The molecule has 1 saturated heterocycles. The van der Waals surface area contributed by atoms with E-state index in [2.05, 4.69) is 9.68 Å². The summed E-state index contributed by atoms with van der Waals surface area (Å²) in [5.41, 5.74) is 1.50. The molecule has 2 rings (SSSR count). The van der Waals surface area contributed by atoms with Crippen LogP contribution in [0.1, 0.15) is 43.2 Å². The van der Waals surface area contributed by atoms with Crippen LogP contribution in [0.3, 0.4) is 0 Å². The first-order chi connectivity index (χ1) is 15.2. The number of thioether (sulfide) groups is 1. The van der Waals surface area contributed by atoms with E-state index in [1.54, 1.807) is 31.2 Å². The molecule has 0 aliphatic carbocycles. The topological polar surface area (TPSA) is 168 Å². The van der Waals surface area contributed by atoms with Gasteiger partial charge in [-0.3, -0.25) is 9.59 Å². The van der Waals surface area contributed by atoms with Gasteiger partial charge in [-0.05, 0) is 37.0 Å². The number of carboxylic acids is 1. The minimum absolute atomic E-state index is 0.185. The summed E-state index contributed by atoms with van der Waals surface area (Å²) in [5.74, 6) is -1.41. The van der Waals surface area contributed by atoms with Crippen LogP contribution in [-0.2, 0) is 24.0 Å². The maximum Gasteiger partial charge on any atom is 0.310 e. The van der Waals surface area contributed by atoms with Crippen molar-refractivity contribution in [3.05, 3.63) is 60.5 Å². The Hall–Kier alpha value is -3.35. The van der Waals surface area contributed by atoms with Crippen molar-refractivity contribution in [3.8, 4) is 0 Å². The molecule has 0 bridgehead atoms. The smallest absolute Gasteiger partial charge is 0.310 e. The quantitative estimate of drug-likeness (QED) is 0.271. The van der Waals surface area contributed by atoms with E-state index in [4.69, 9.17) is 9.84 Å². The third-order valence-electron chi connectivity index (χ3n) is 4.63. The standard InChI is InChI=1S/C19H22N2O10S/c1-12(19(23)24)14-4-2-13(3-5-14)10-17-16(8-9-32-17)30-18(22)7-6-15(31-21(27)28)11-29-20(25)26/h2-5,10,12,15-16H,6-9,11H2,1H3,(H,23,24)/b17-10-/t12-,15?,16-/m0/s1. The van der Waals surface area contributed by atoms with Crippen LogP contribution in [-0.4, -0.2) is 51.8 Å². The van der Waals surface area contributed by atoms with Crippen LogP contribution in [0.4, 0.5) is 0 Å². The summed E-state index contributed by atoms with van der Waals surface area (Å²) in [5, 5.41) is 27.6. The van der Waals surface area contributed by atoms with E-state index in [0.29, 0.717) is 12.0 Å². The Kier molecular flexibility index (Phi) is 9.25. The van der Waals surface area contributed by atoms with Gasteiger partial charge >= 0.3 is 11.9 Å². The van der Waals surface area contributed by atoms with Gasteiger partial charge in [0.25, 0.3) is 10.2 Å². The molecule has 1 aliphatic rings. The highest BCUT2D eigenvalue weighted by atomic mass is 32.2. The van der Waals surface area contributed by atoms with Crippen molar-refractivity contribution in [2.75, 3.05) is 12.4 Å². The van der Waals surface area contributed by atoms with Crippen LogP contribution < -0.4 is 0 Å². The zero-order valence-corrected chi connectivity index (χ0v) is 17.9. The molecule has 0 saturated carbocycles. The molecule has 12 nitrogen and oxygen atoms in total. The number of hydrogen-bond acceptors (Lipinski definition) is 10. The molecule has 1 aromatic carbocycles. The van der Waals surface area contributed by atoms with Crippen molar-refractivity contribution in [1.82, 2.24) is 0 Å². The molecule has 1 N–H and O–H groups in total. The molecule has 0 spiro atoms. The van der Waals surface area contributed by atoms with Gasteiger partial charge < -0.3 is 19.5 Å². The van der Waals surface area contributed by atoms with Crippen molar-refractivity contribution < 1.29 is 39.3 Å². The lowest BCUT2D eigenvalue weighted by atomic mass is 10.00. The molecule has 3 atom stereocenters. The summed E-state index contributed by atoms with van der Waals surface area (Å²) in [6.07, 6.45) is 0.271. The fourth-order valence-electron chi connectivity index (χ4n) is 2.89. The molecule has 13 heteroatoms. The monoisotopic (exact) mass is 470 g/mol. The summed E-state index contributed by atoms with van der Waals surface area (Å²) in [6.45, 7) is 0.922. The molecule has 1 fully saturated rings. The first-order valence-corrected chi connectivity index (χ1v) is 10.6. The van der Waals surface area contributed by atoms with E-state index >= 15 is 0 Å². The predicted molar refractivity (Wildman–Crippen MR) is 111 cm³/mol. The molecular formula is C19H22N2O10S. The predicted octanol–water partition coefficient (Wildman–Crippen LogP) is 2.83. The number of carbonyl (C=O) groups is 2. The summed E-state index contributed by atoms with van der Waals surface area (Å²) in [4.78, 5) is 53.2. The number of esters is 1. The van der Waals surface area contributed by atoms with E-state index in [1.807, 2.05) is 6.08 Å². The third-order valence-corrected chi connectivity index (χ3v) is 5.78. The highest BCUT2D eigenvalue weighted by molar-refractivity contribution is 8.03. The number of hydrogen-bond donors (Lipinski definition) is 1. The zero-order chi connectivity index (χ0) is 23.7. The molecule has 1 unspecified atom stereocenters. The first-order valence-electron chi connectivity index (χ1n) is 9.60. The number of rotatable bonds is 12. The molecule has 1 heterocycles. The number of carboxylic acid groups (broad SMARTS) is 1. The second kappa shape index (κ2) is 11.9. The van der Waals surface area contributed by atoms with E-state index in [9.17, 15) is 29.8 Å². The Morgan fingerprint density at radius 3 is 2.53 bits per heavy atom. The van der Waals surface area contributed by atoms with E-state index in [0.717, 1.165) is 16.2 Å². The maximum atomic E-state index is 12.2. The molecule has 0 aromatic heterocycles. The van der Waals surface area contributed by atoms with Gasteiger partial charge in [0.2, 0.25) is 0 Å². The van der Waals surface area contributed by atoms with Crippen LogP contribution in [0.15, 0.2) is 29.2 Å². The van der Waals surface area contributed by atoms with Gasteiger partial charge in [0, 0.05) is 17.1 Å². The lowest BCUT2D eigenvalue weighted by molar-refractivity contribution is -0.790. The van der Waals surface area contributed by atoms with Gasteiger partial charge in [-0.25, -0.2) is 0 Å². The third kappa shape index (κ3) is 8.06. The molecule has 1 aliphatic heterocycles. The molecule has 0 amide bonds. The van der Waals surface area contributed by atoms with Crippen molar-refractivity contribution in [2.24, 2.45) is 0 Å². The largest absolute Gasteiger partial charge is 0.481 e. The molecule has 174 valence electrons. The molecular weight excluding hydrogens is 448 g/mol. The van der Waals surface area contributed by atoms with Crippen LogP contribution in [0, 0.1) is 20.2 Å². The van der Waals surface area contributed by atoms with Crippen molar-refractivity contribution in [2.45, 2.75) is 44.3 Å².